The number of halogens is 1. The van der Waals surface area contributed by atoms with E-state index >= 15 is 0 Å². The van der Waals surface area contributed by atoms with E-state index < -0.39 is 10.0 Å². The lowest BCUT2D eigenvalue weighted by Crippen LogP contribution is -2.24. The van der Waals surface area contributed by atoms with Crippen LogP contribution >= 0.6 is 15.9 Å². The van der Waals surface area contributed by atoms with Crippen molar-refractivity contribution in [1.82, 2.24) is 10.0 Å². The van der Waals surface area contributed by atoms with Gasteiger partial charge in [0.25, 0.3) is 10.0 Å². The molecule has 102 valence electrons. The molecule has 0 unspecified atom stereocenters. The van der Waals surface area contributed by atoms with Gasteiger partial charge in [-0.05, 0) is 12.1 Å². The Bertz CT molecular complexity index is 508. The molecule has 0 radical (unpaired) electrons. The molecule has 0 aliphatic carbocycles. The van der Waals surface area contributed by atoms with E-state index in [0.717, 1.165) is 0 Å². The molecule has 18 heavy (non-hydrogen) atoms. The lowest BCUT2D eigenvalue weighted by molar-refractivity contribution is 0.393. The second-order valence-corrected chi connectivity index (χ2v) is 6.92. The zero-order valence-electron chi connectivity index (χ0n) is 10.4. The highest BCUT2D eigenvalue weighted by molar-refractivity contribution is 9.11. The summed E-state index contributed by atoms with van der Waals surface area (Å²) < 4.78 is 31.8. The maximum absolute atomic E-state index is 11.8. The molecular formula is C11H17BrN2O3S. The highest BCUT2D eigenvalue weighted by atomic mass is 79.9. The Morgan fingerprint density at radius 1 is 1.50 bits per heavy atom. The summed E-state index contributed by atoms with van der Waals surface area (Å²) in [6.45, 7) is 8.19. The third-order valence-corrected chi connectivity index (χ3v) is 3.59. The fourth-order valence-corrected chi connectivity index (χ4v) is 2.44. The van der Waals surface area contributed by atoms with Gasteiger partial charge in [-0.3, -0.25) is 0 Å². The van der Waals surface area contributed by atoms with Crippen LogP contribution in [0.15, 0.2) is 32.7 Å². The van der Waals surface area contributed by atoms with E-state index in [1.54, 1.807) is 6.07 Å². The van der Waals surface area contributed by atoms with Gasteiger partial charge in [-0.15, -0.1) is 0 Å². The van der Waals surface area contributed by atoms with Gasteiger partial charge in [-0.1, -0.05) is 36.4 Å². The number of furan rings is 1. The average molecular weight is 337 g/mol. The van der Waals surface area contributed by atoms with Crippen molar-refractivity contribution in [1.29, 1.82) is 0 Å². The van der Waals surface area contributed by atoms with E-state index in [-0.39, 0.29) is 11.6 Å². The van der Waals surface area contributed by atoms with E-state index in [0.29, 0.717) is 22.8 Å². The minimum absolute atomic E-state index is 0.0863. The van der Waals surface area contributed by atoms with Gasteiger partial charge in [0.1, 0.15) is 5.76 Å². The number of sulfonamides is 1. The Morgan fingerprint density at radius 2 is 2.17 bits per heavy atom. The summed E-state index contributed by atoms with van der Waals surface area (Å²) in [6, 6.07) is 3.40. The molecule has 0 atom stereocenters. The number of nitrogens with one attached hydrogen (secondary N) is 2. The maximum atomic E-state index is 11.8. The lowest BCUT2D eigenvalue weighted by Gasteiger charge is -2.05. The van der Waals surface area contributed by atoms with Crippen LogP contribution in [0.5, 0.6) is 0 Å². The minimum Gasteiger partial charge on any atom is -0.447 e. The van der Waals surface area contributed by atoms with Crippen molar-refractivity contribution in [3.05, 3.63) is 29.0 Å². The molecule has 0 saturated heterocycles. The van der Waals surface area contributed by atoms with Crippen molar-refractivity contribution < 1.29 is 12.8 Å². The molecule has 0 saturated carbocycles. The van der Waals surface area contributed by atoms with Crippen LogP contribution in [-0.2, 0) is 16.6 Å². The van der Waals surface area contributed by atoms with Gasteiger partial charge in [-0.25, -0.2) is 13.1 Å². The summed E-state index contributed by atoms with van der Waals surface area (Å²) in [5, 5.41) is 3.06. The normalized spacial score (nSPS) is 12.0. The first-order valence-corrected chi connectivity index (χ1v) is 7.74. The number of hydrogen-bond acceptors (Lipinski definition) is 4. The predicted octanol–water partition coefficient (Wildman–Crippen LogP) is 1.96. The van der Waals surface area contributed by atoms with Gasteiger partial charge < -0.3 is 9.73 Å². The molecule has 0 fully saturated rings. The first kappa shape index (κ1) is 15.4. The number of hydrogen-bond donors (Lipinski definition) is 2. The fraction of sp³-hybridized carbons (Fsp3) is 0.455. The standard InChI is InChI=1S/C11H17BrN2O3S/c1-8(2)13-7-10-4-5-11(17-10)18(15,16)14-6-9(3)12/h4-5,8,13-14H,3,6-7H2,1-2H3. The SMILES string of the molecule is C=C(Br)CNS(=O)(=O)c1ccc(CNC(C)C)o1. The summed E-state index contributed by atoms with van der Waals surface area (Å²) in [4.78, 5) is 0. The highest BCUT2D eigenvalue weighted by Gasteiger charge is 2.18. The average Bonchev–Trinajstić information content (AvgIpc) is 2.73. The zero-order valence-corrected chi connectivity index (χ0v) is 12.8. The van der Waals surface area contributed by atoms with Gasteiger partial charge in [-0.2, -0.15) is 0 Å². The van der Waals surface area contributed by atoms with Crippen molar-refractivity contribution in [2.24, 2.45) is 0 Å². The highest BCUT2D eigenvalue weighted by Crippen LogP contribution is 2.14. The smallest absolute Gasteiger partial charge is 0.274 e. The van der Waals surface area contributed by atoms with E-state index in [9.17, 15) is 8.42 Å². The van der Waals surface area contributed by atoms with Crippen LogP contribution in [0, 0.1) is 0 Å². The molecule has 2 N–H and O–H groups in total. The summed E-state index contributed by atoms with van der Waals surface area (Å²) in [7, 11) is -3.61. The maximum Gasteiger partial charge on any atom is 0.274 e. The first-order chi connectivity index (χ1) is 8.31. The molecule has 1 aromatic rings. The van der Waals surface area contributed by atoms with E-state index in [2.05, 4.69) is 32.5 Å². The molecule has 0 aliphatic heterocycles. The Kier molecular flexibility index (Phi) is 5.58. The summed E-state index contributed by atoms with van der Waals surface area (Å²) in [6.07, 6.45) is 0. The predicted molar refractivity (Wildman–Crippen MR) is 73.9 cm³/mol. The monoisotopic (exact) mass is 336 g/mol. The second-order valence-electron chi connectivity index (χ2n) is 4.10. The van der Waals surface area contributed by atoms with Gasteiger partial charge in [0.05, 0.1) is 6.54 Å². The van der Waals surface area contributed by atoms with E-state index in [1.165, 1.54) is 6.07 Å². The Hall–Kier alpha value is -0.630. The molecule has 1 aromatic heterocycles. The Morgan fingerprint density at radius 3 is 2.72 bits per heavy atom. The van der Waals surface area contributed by atoms with Gasteiger partial charge in [0, 0.05) is 17.1 Å². The van der Waals surface area contributed by atoms with Crippen LogP contribution in [0.4, 0.5) is 0 Å². The van der Waals surface area contributed by atoms with Gasteiger partial charge in [0.15, 0.2) is 0 Å². The van der Waals surface area contributed by atoms with Crippen molar-refractivity contribution in [2.75, 3.05) is 6.54 Å². The summed E-state index contributed by atoms with van der Waals surface area (Å²) in [5.74, 6) is 0.585. The topological polar surface area (TPSA) is 71.3 Å². The van der Waals surface area contributed by atoms with Gasteiger partial charge in [0.2, 0.25) is 5.09 Å². The van der Waals surface area contributed by atoms with Crippen molar-refractivity contribution in [3.63, 3.8) is 0 Å². The lowest BCUT2D eigenvalue weighted by atomic mass is 10.3. The van der Waals surface area contributed by atoms with E-state index in [4.69, 9.17) is 4.42 Å². The molecular weight excluding hydrogens is 320 g/mol. The fourth-order valence-electron chi connectivity index (χ4n) is 1.15. The van der Waals surface area contributed by atoms with Crippen LogP contribution in [-0.4, -0.2) is 21.0 Å². The minimum atomic E-state index is -3.61. The molecule has 0 aromatic carbocycles. The van der Waals surface area contributed by atoms with Crippen molar-refractivity contribution >= 4 is 26.0 Å². The van der Waals surface area contributed by atoms with Crippen molar-refractivity contribution in [3.8, 4) is 0 Å². The number of rotatable bonds is 7. The largest absolute Gasteiger partial charge is 0.447 e. The van der Waals surface area contributed by atoms with E-state index in [1.807, 2.05) is 13.8 Å². The Labute approximate surface area is 116 Å². The summed E-state index contributed by atoms with van der Waals surface area (Å²) in [5.41, 5.74) is 0. The zero-order chi connectivity index (χ0) is 13.8. The van der Waals surface area contributed by atoms with Crippen LogP contribution in [0.3, 0.4) is 0 Å². The third kappa shape index (κ3) is 4.93. The van der Waals surface area contributed by atoms with Crippen LogP contribution in [0.25, 0.3) is 0 Å². The van der Waals surface area contributed by atoms with Crippen LogP contribution in [0.1, 0.15) is 19.6 Å². The van der Waals surface area contributed by atoms with Crippen molar-refractivity contribution in [2.45, 2.75) is 31.5 Å². The molecule has 1 heterocycles. The quantitative estimate of drug-likeness (QED) is 0.798. The molecule has 1 rings (SSSR count). The Balaban J connectivity index is 2.69. The molecule has 0 spiro atoms. The van der Waals surface area contributed by atoms with Gasteiger partial charge >= 0.3 is 0 Å². The third-order valence-electron chi connectivity index (χ3n) is 2.04. The van der Waals surface area contributed by atoms with Crippen LogP contribution in [0.2, 0.25) is 0 Å². The first-order valence-electron chi connectivity index (χ1n) is 5.46. The molecule has 7 heteroatoms. The molecule has 0 aliphatic rings. The second kappa shape index (κ2) is 6.51. The molecule has 0 amide bonds. The molecule has 0 bridgehead atoms. The summed E-state index contributed by atoms with van der Waals surface area (Å²) >= 11 is 3.08. The van der Waals surface area contributed by atoms with Crippen LogP contribution < -0.4 is 10.0 Å². The molecule has 5 nitrogen and oxygen atoms in total.